The molecule has 1 saturated heterocycles. The van der Waals surface area contributed by atoms with Crippen molar-refractivity contribution in [1.29, 1.82) is 0 Å². The van der Waals surface area contributed by atoms with Crippen molar-refractivity contribution in [3.63, 3.8) is 0 Å². The maximum Gasteiger partial charge on any atom is 0.311 e. The maximum absolute atomic E-state index is 12.1. The van der Waals surface area contributed by atoms with E-state index in [-0.39, 0.29) is 19.3 Å². The van der Waals surface area contributed by atoms with Gasteiger partial charge in [0.15, 0.2) is 0 Å². The molecule has 1 aliphatic rings. The molecular weight excluding hydrogens is 320 g/mol. The molecule has 1 fully saturated rings. The third kappa shape index (κ3) is 4.54. The fourth-order valence-electron chi connectivity index (χ4n) is 3.27. The summed E-state index contributed by atoms with van der Waals surface area (Å²) in [5.74, 6) is -0.792. The van der Waals surface area contributed by atoms with Crippen LogP contribution in [0.15, 0.2) is 30.6 Å². The van der Waals surface area contributed by atoms with E-state index >= 15 is 0 Å². The van der Waals surface area contributed by atoms with Gasteiger partial charge in [0, 0.05) is 42.0 Å². The third-order valence-corrected chi connectivity index (χ3v) is 4.45. The van der Waals surface area contributed by atoms with Gasteiger partial charge < -0.3 is 15.2 Å². The van der Waals surface area contributed by atoms with E-state index in [9.17, 15) is 9.59 Å². The lowest BCUT2D eigenvalue weighted by Gasteiger charge is -2.14. The highest BCUT2D eigenvalue weighted by molar-refractivity contribution is 5.92. The summed E-state index contributed by atoms with van der Waals surface area (Å²) in [6.45, 7) is 1.04. The van der Waals surface area contributed by atoms with Crippen LogP contribution in [0.4, 0.5) is 0 Å². The van der Waals surface area contributed by atoms with E-state index in [4.69, 9.17) is 9.84 Å². The molecule has 0 saturated carbocycles. The van der Waals surface area contributed by atoms with Crippen LogP contribution in [0.5, 0.6) is 5.75 Å². The number of benzene rings is 1. The van der Waals surface area contributed by atoms with Gasteiger partial charge in [-0.3, -0.25) is 14.6 Å². The smallest absolute Gasteiger partial charge is 0.311 e. The molecule has 0 radical (unpaired) electrons. The minimum absolute atomic E-state index is 0.0346. The number of pyridine rings is 1. The first-order valence-corrected chi connectivity index (χ1v) is 8.65. The van der Waals surface area contributed by atoms with Crippen LogP contribution >= 0.6 is 0 Å². The molecule has 0 amide bonds. The van der Waals surface area contributed by atoms with Gasteiger partial charge in [-0.25, -0.2) is 0 Å². The fourth-order valence-corrected chi connectivity index (χ4v) is 3.27. The molecule has 3 rings (SSSR count). The van der Waals surface area contributed by atoms with Gasteiger partial charge in [0.05, 0.1) is 0 Å². The van der Waals surface area contributed by atoms with Crippen molar-refractivity contribution in [3.8, 4) is 5.75 Å². The summed E-state index contributed by atoms with van der Waals surface area (Å²) < 4.78 is 5.53. The molecule has 2 aromatic rings. The normalized spacial score (nSPS) is 16.9. The van der Waals surface area contributed by atoms with Crippen molar-refractivity contribution in [1.82, 2.24) is 10.3 Å². The highest BCUT2D eigenvalue weighted by Crippen LogP contribution is 2.30. The molecule has 1 aromatic carbocycles. The number of hydrogen-bond donors (Lipinski definition) is 2. The van der Waals surface area contributed by atoms with Crippen molar-refractivity contribution >= 4 is 22.7 Å². The second-order valence-electron chi connectivity index (χ2n) is 6.37. The SMILES string of the molecule is O=C(O)CCCC(=O)Oc1cccc2cncc(C[C@H]3CCCN3)c12. The van der Waals surface area contributed by atoms with Gasteiger partial charge in [-0.1, -0.05) is 12.1 Å². The van der Waals surface area contributed by atoms with Gasteiger partial charge >= 0.3 is 11.9 Å². The summed E-state index contributed by atoms with van der Waals surface area (Å²) in [5.41, 5.74) is 1.06. The van der Waals surface area contributed by atoms with E-state index in [0.717, 1.165) is 35.7 Å². The predicted molar refractivity (Wildman–Crippen MR) is 93.6 cm³/mol. The Morgan fingerprint density at radius 3 is 2.92 bits per heavy atom. The molecule has 0 bridgehead atoms. The lowest BCUT2D eigenvalue weighted by Crippen LogP contribution is -2.23. The van der Waals surface area contributed by atoms with E-state index < -0.39 is 11.9 Å². The second-order valence-corrected chi connectivity index (χ2v) is 6.37. The van der Waals surface area contributed by atoms with E-state index in [1.807, 2.05) is 18.3 Å². The summed E-state index contributed by atoms with van der Waals surface area (Å²) in [4.78, 5) is 26.9. The third-order valence-electron chi connectivity index (χ3n) is 4.45. The summed E-state index contributed by atoms with van der Waals surface area (Å²) in [5, 5.41) is 14.0. The number of esters is 1. The molecular formula is C19H22N2O4. The Bertz CT molecular complexity index is 764. The Morgan fingerprint density at radius 1 is 1.28 bits per heavy atom. The number of ether oxygens (including phenoxy) is 1. The molecule has 1 atom stereocenters. The number of hydrogen-bond acceptors (Lipinski definition) is 5. The first-order valence-electron chi connectivity index (χ1n) is 8.65. The first-order chi connectivity index (χ1) is 12.1. The zero-order valence-electron chi connectivity index (χ0n) is 14.0. The van der Waals surface area contributed by atoms with Crippen LogP contribution in [0.3, 0.4) is 0 Å². The van der Waals surface area contributed by atoms with Crippen molar-refractivity contribution in [2.45, 2.75) is 44.6 Å². The average Bonchev–Trinajstić information content (AvgIpc) is 3.08. The number of fused-ring (bicyclic) bond motifs is 1. The minimum atomic E-state index is -0.907. The molecule has 1 aromatic heterocycles. The Morgan fingerprint density at radius 2 is 2.16 bits per heavy atom. The number of rotatable bonds is 7. The molecule has 25 heavy (non-hydrogen) atoms. The number of carbonyl (C=O) groups is 2. The van der Waals surface area contributed by atoms with Gasteiger partial charge in [0.25, 0.3) is 0 Å². The summed E-state index contributed by atoms with van der Waals surface area (Å²) in [6, 6.07) is 5.99. The maximum atomic E-state index is 12.1. The zero-order valence-corrected chi connectivity index (χ0v) is 14.0. The molecule has 132 valence electrons. The Hall–Kier alpha value is -2.47. The largest absolute Gasteiger partial charge is 0.481 e. The lowest BCUT2D eigenvalue weighted by atomic mass is 10.00. The molecule has 1 aliphatic heterocycles. The fraction of sp³-hybridized carbons (Fsp3) is 0.421. The molecule has 6 nitrogen and oxygen atoms in total. The number of carbonyl (C=O) groups excluding carboxylic acids is 1. The van der Waals surface area contributed by atoms with Crippen LogP contribution in [0.25, 0.3) is 10.8 Å². The van der Waals surface area contributed by atoms with E-state index in [0.29, 0.717) is 11.8 Å². The molecule has 0 spiro atoms. The standard InChI is InChI=1S/C19H22N2O4/c22-17(23)7-2-8-18(24)25-16-6-1-4-13-11-20-12-14(19(13)16)10-15-5-3-9-21-15/h1,4,6,11-12,15,21H,2-3,5,7-10H2,(H,22,23)/t15-/m1/s1. The Balaban J connectivity index is 1.79. The number of aromatic nitrogens is 1. The molecule has 2 N–H and O–H groups in total. The Labute approximate surface area is 146 Å². The van der Waals surface area contributed by atoms with Gasteiger partial charge in [-0.05, 0) is 43.9 Å². The highest BCUT2D eigenvalue weighted by Gasteiger charge is 2.18. The molecule has 6 heteroatoms. The predicted octanol–water partition coefficient (Wildman–Crippen LogP) is 2.69. The van der Waals surface area contributed by atoms with Gasteiger partial charge in [0.2, 0.25) is 0 Å². The monoisotopic (exact) mass is 342 g/mol. The van der Waals surface area contributed by atoms with Crippen molar-refractivity contribution in [2.24, 2.45) is 0 Å². The summed E-state index contributed by atoms with van der Waals surface area (Å²) in [6.07, 6.45) is 7.09. The van der Waals surface area contributed by atoms with E-state index in [1.165, 1.54) is 6.42 Å². The summed E-state index contributed by atoms with van der Waals surface area (Å²) >= 11 is 0. The van der Waals surface area contributed by atoms with E-state index in [1.54, 1.807) is 12.3 Å². The van der Waals surface area contributed by atoms with Crippen molar-refractivity contribution in [2.75, 3.05) is 6.54 Å². The van der Waals surface area contributed by atoms with Crippen LogP contribution in [-0.4, -0.2) is 34.6 Å². The highest BCUT2D eigenvalue weighted by atomic mass is 16.5. The zero-order chi connectivity index (χ0) is 17.6. The van der Waals surface area contributed by atoms with Crippen LogP contribution in [-0.2, 0) is 16.0 Å². The second kappa shape index (κ2) is 8.07. The summed E-state index contributed by atoms with van der Waals surface area (Å²) in [7, 11) is 0. The first kappa shape index (κ1) is 17.4. The quantitative estimate of drug-likeness (QED) is 0.594. The number of nitrogens with zero attached hydrogens (tertiary/aromatic N) is 1. The molecule has 0 aliphatic carbocycles. The number of carboxylic acids is 1. The van der Waals surface area contributed by atoms with Crippen LogP contribution in [0.1, 0.15) is 37.7 Å². The van der Waals surface area contributed by atoms with Crippen molar-refractivity contribution in [3.05, 3.63) is 36.2 Å². The van der Waals surface area contributed by atoms with Crippen LogP contribution in [0, 0.1) is 0 Å². The average molecular weight is 342 g/mol. The van der Waals surface area contributed by atoms with E-state index in [2.05, 4.69) is 10.3 Å². The van der Waals surface area contributed by atoms with Crippen molar-refractivity contribution < 1.29 is 19.4 Å². The molecule has 2 heterocycles. The minimum Gasteiger partial charge on any atom is -0.481 e. The number of carboxylic acid groups (broad SMARTS) is 1. The Kier molecular flexibility index (Phi) is 5.60. The number of aliphatic carboxylic acids is 1. The topological polar surface area (TPSA) is 88.5 Å². The van der Waals surface area contributed by atoms with Gasteiger partial charge in [-0.2, -0.15) is 0 Å². The van der Waals surface area contributed by atoms with Crippen LogP contribution in [0.2, 0.25) is 0 Å². The lowest BCUT2D eigenvalue weighted by molar-refractivity contribution is -0.137. The van der Waals surface area contributed by atoms with Gasteiger partial charge in [-0.15, -0.1) is 0 Å². The van der Waals surface area contributed by atoms with Gasteiger partial charge in [0.1, 0.15) is 5.75 Å². The van der Waals surface area contributed by atoms with Crippen LogP contribution < -0.4 is 10.1 Å². The molecule has 0 unspecified atom stereocenters. The number of nitrogens with one attached hydrogen (secondary N) is 1.